The van der Waals surface area contributed by atoms with Crippen LogP contribution in [0.3, 0.4) is 0 Å². The highest BCUT2D eigenvalue weighted by atomic mass is 16.5. The number of carbonyl (C=O) groups is 2. The summed E-state index contributed by atoms with van der Waals surface area (Å²) >= 11 is 0. The Balaban J connectivity index is 0.000000390. The SMILES string of the molecule is COc1ccc(C(CCc2ccccc2)N2CCN(C)CC2)cc1.O=C(O)/C=C\C(=O)O. The number of aliphatic carboxylic acids is 2. The minimum absolute atomic E-state index is 0.477. The molecule has 2 aromatic carbocycles. The second-order valence-electron chi connectivity index (χ2n) is 7.66. The van der Waals surface area contributed by atoms with E-state index in [0.29, 0.717) is 18.2 Å². The molecule has 0 saturated carbocycles. The highest BCUT2D eigenvalue weighted by Crippen LogP contribution is 2.28. The normalized spacial score (nSPS) is 15.6. The molecular formula is C25H32N2O5. The smallest absolute Gasteiger partial charge is 0.328 e. The summed E-state index contributed by atoms with van der Waals surface area (Å²) in [5.41, 5.74) is 2.82. The van der Waals surface area contributed by atoms with Crippen molar-refractivity contribution in [2.75, 3.05) is 40.3 Å². The largest absolute Gasteiger partial charge is 0.497 e. The Bertz CT molecular complexity index is 844. The van der Waals surface area contributed by atoms with E-state index in [2.05, 4.69) is 71.4 Å². The molecule has 1 aliphatic heterocycles. The molecule has 7 heteroatoms. The summed E-state index contributed by atoms with van der Waals surface area (Å²) in [6.45, 7) is 4.58. The molecular weight excluding hydrogens is 408 g/mol. The van der Waals surface area contributed by atoms with Crippen LogP contribution in [0.1, 0.15) is 23.6 Å². The van der Waals surface area contributed by atoms with Crippen LogP contribution in [0.5, 0.6) is 5.75 Å². The van der Waals surface area contributed by atoms with Crippen molar-refractivity contribution in [2.45, 2.75) is 18.9 Å². The van der Waals surface area contributed by atoms with Crippen molar-refractivity contribution in [1.29, 1.82) is 0 Å². The zero-order valence-corrected chi connectivity index (χ0v) is 18.7. The lowest BCUT2D eigenvalue weighted by Crippen LogP contribution is -2.46. The number of hydrogen-bond donors (Lipinski definition) is 2. The Morgan fingerprint density at radius 3 is 2.00 bits per heavy atom. The van der Waals surface area contributed by atoms with Crippen molar-refractivity contribution in [3.05, 3.63) is 77.9 Å². The fourth-order valence-corrected chi connectivity index (χ4v) is 3.61. The van der Waals surface area contributed by atoms with Crippen LogP contribution in [-0.4, -0.2) is 72.3 Å². The average Bonchev–Trinajstić information content (AvgIpc) is 2.80. The maximum Gasteiger partial charge on any atom is 0.328 e. The number of carboxylic acids is 2. The molecule has 7 nitrogen and oxygen atoms in total. The number of methoxy groups -OCH3 is 1. The van der Waals surface area contributed by atoms with Crippen LogP contribution in [0.15, 0.2) is 66.7 Å². The Morgan fingerprint density at radius 1 is 0.938 bits per heavy atom. The zero-order chi connectivity index (χ0) is 23.3. The molecule has 0 aromatic heterocycles. The minimum Gasteiger partial charge on any atom is -0.497 e. The molecule has 0 amide bonds. The van der Waals surface area contributed by atoms with Crippen molar-refractivity contribution in [3.8, 4) is 5.75 Å². The summed E-state index contributed by atoms with van der Waals surface area (Å²) in [6.07, 6.45) is 3.38. The van der Waals surface area contributed by atoms with E-state index >= 15 is 0 Å². The number of ether oxygens (including phenoxy) is 1. The van der Waals surface area contributed by atoms with E-state index in [4.69, 9.17) is 14.9 Å². The molecule has 172 valence electrons. The van der Waals surface area contributed by atoms with Gasteiger partial charge in [0.2, 0.25) is 0 Å². The number of benzene rings is 2. The molecule has 1 saturated heterocycles. The third-order valence-electron chi connectivity index (χ3n) is 5.40. The Hall–Kier alpha value is -3.16. The van der Waals surface area contributed by atoms with Gasteiger partial charge in [-0.1, -0.05) is 42.5 Å². The van der Waals surface area contributed by atoms with E-state index in [1.54, 1.807) is 7.11 Å². The number of rotatable bonds is 8. The van der Waals surface area contributed by atoms with E-state index < -0.39 is 11.9 Å². The van der Waals surface area contributed by atoms with Crippen LogP contribution < -0.4 is 4.74 Å². The number of hydrogen-bond acceptors (Lipinski definition) is 5. The number of carboxylic acid groups (broad SMARTS) is 2. The van der Waals surface area contributed by atoms with E-state index in [1.807, 2.05) is 0 Å². The van der Waals surface area contributed by atoms with Gasteiger partial charge in [-0.15, -0.1) is 0 Å². The molecule has 32 heavy (non-hydrogen) atoms. The van der Waals surface area contributed by atoms with Crippen molar-refractivity contribution >= 4 is 11.9 Å². The first-order valence-electron chi connectivity index (χ1n) is 10.6. The van der Waals surface area contributed by atoms with E-state index in [9.17, 15) is 9.59 Å². The molecule has 1 unspecified atom stereocenters. The highest BCUT2D eigenvalue weighted by Gasteiger charge is 2.23. The fraction of sp³-hybridized carbons (Fsp3) is 0.360. The third kappa shape index (κ3) is 8.91. The molecule has 0 bridgehead atoms. The van der Waals surface area contributed by atoms with Gasteiger partial charge in [0.05, 0.1) is 7.11 Å². The van der Waals surface area contributed by atoms with Crippen LogP contribution in [0, 0.1) is 0 Å². The number of likely N-dealkylation sites (N-methyl/N-ethyl adjacent to an activating group) is 1. The predicted octanol–water partition coefficient (Wildman–Crippen LogP) is 3.33. The molecule has 0 radical (unpaired) electrons. The lowest BCUT2D eigenvalue weighted by Gasteiger charge is -2.38. The Morgan fingerprint density at radius 2 is 1.50 bits per heavy atom. The van der Waals surface area contributed by atoms with Crippen LogP contribution in [0.25, 0.3) is 0 Å². The minimum atomic E-state index is -1.26. The molecule has 3 rings (SSSR count). The Labute approximate surface area is 189 Å². The molecule has 1 aliphatic rings. The Kier molecular flexibility index (Phi) is 10.4. The van der Waals surface area contributed by atoms with Crippen LogP contribution in [0.4, 0.5) is 0 Å². The molecule has 1 atom stereocenters. The zero-order valence-electron chi connectivity index (χ0n) is 18.7. The van der Waals surface area contributed by atoms with E-state index in [-0.39, 0.29) is 0 Å². The van der Waals surface area contributed by atoms with Gasteiger partial charge in [0.25, 0.3) is 0 Å². The molecule has 2 aromatic rings. The van der Waals surface area contributed by atoms with Crippen molar-refractivity contribution < 1.29 is 24.5 Å². The topological polar surface area (TPSA) is 90.3 Å². The third-order valence-corrected chi connectivity index (χ3v) is 5.40. The highest BCUT2D eigenvalue weighted by molar-refractivity contribution is 5.89. The van der Waals surface area contributed by atoms with Gasteiger partial charge in [-0.05, 0) is 43.1 Å². The van der Waals surface area contributed by atoms with Gasteiger partial charge in [-0.3, -0.25) is 4.90 Å². The summed E-state index contributed by atoms with van der Waals surface area (Å²) in [7, 11) is 3.94. The van der Waals surface area contributed by atoms with Gasteiger partial charge < -0.3 is 19.8 Å². The number of aryl methyl sites for hydroxylation is 1. The summed E-state index contributed by atoms with van der Waals surface area (Å²) in [4.78, 5) is 24.2. The molecule has 0 aliphatic carbocycles. The lowest BCUT2D eigenvalue weighted by atomic mass is 9.96. The molecule has 0 spiro atoms. The van der Waals surface area contributed by atoms with Crippen molar-refractivity contribution in [3.63, 3.8) is 0 Å². The van der Waals surface area contributed by atoms with E-state index in [0.717, 1.165) is 44.8 Å². The monoisotopic (exact) mass is 440 g/mol. The van der Waals surface area contributed by atoms with Gasteiger partial charge in [0.1, 0.15) is 5.75 Å². The molecule has 1 heterocycles. The van der Waals surface area contributed by atoms with Crippen molar-refractivity contribution in [1.82, 2.24) is 9.80 Å². The second kappa shape index (κ2) is 13.3. The van der Waals surface area contributed by atoms with Crippen LogP contribution in [0.2, 0.25) is 0 Å². The first kappa shape index (κ1) is 25.1. The van der Waals surface area contributed by atoms with Gasteiger partial charge in [-0.2, -0.15) is 0 Å². The van der Waals surface area contributed by atoms with Gasteiger partial charge >= 0.3 is 11.9 Å². The maximum absolute atomic E-state index is 9.55. The quantitative estimate of drug-likeness (QED) is 0.609. The maximum atomic E-state index is 9.55. The van der Waals surface area contributed by atoms with Gasteiger partial charge in [0, 0.05) is 44.4 Å². The van der Waals surface area contributed by atoms with Gasteiger partial charge in [0.15, 0.2) is 0 Å². The van der Waals surface area contributed by atoms with Crippen LogP contribution in [-0.2, 0) is 16.0 Å². The van der Waals surface area contributed by atoms with Crippen molar-refractivity contribution in [2.24, 2.45) is 0 Å². The lowest BCUT2D eigenvalue weighted by molar-refractivity contribution is -0.134. The molecule has 2 N–H and O–H groups in total. The number of nitrogens with zero attached hydrogens (tertiary/aromatic N) is 2. The summed E-state index contributed by atoms with van der Waals surface area (Å²) in [5.74, 6) is -1.58. The summed E-state index contributed by atoms with van der Waals surface area (Å²) < 4.78 is 5.32. The number of piperazine rings is 1. The van der Waals surface area contributed by atoms with Gasteiger partial charge in [-0.25, -0.2) is 9.59 Å². The molecule has 1 fully saturated rings. The van der Waals surface area contributed by atoms with E-state index in [1.165, 1.54) is 11.1 Å². The summed E-state index contributed by atoms with van der Waals surface area (Å²) in [6, 6.07) is 19.9. The fourth-order valence-electron chi connectivity index (χ4n) is 3.61. The second-order valence-corrected chi connectivity index (χ2v) is 7.66. The standard InChI is InChI=1S/C21H28N2O.C4H4O4/c1-22-14-16-23(17-15-22)21(13-8-18-6-4-3-5-7-18)19-9-11-20(24-2)12-10-19;5-3(6)1-2-4(7)8/h3-7,9-12,21H,8,13-17H2,1-2H3;1-2H,(H,5,6)(H,7,8)/b;2-1-. The summed E-state index contributed by atoms with van der Waals surface area (Å²) in [5, 5.41) is 15.6. The predicted molar refractivity (Wildman–Crippen MR) is 124 cm³/mol. The van der Waals surface area contributed by atoms with Crippen LogP contribution >= 0.6 is 0 Å². The average molecular weight is 441 g/mol. The first-order valence-corrected chi connectivity index (χ1v) is 10.6. The first-order chi connectivity index (χ1) is 15.4.